The van der Waals surface area contributed by atoms with Crippen molar-refractivity contribution < 1.29 is 8.42 Å². The second-order valence-electron chi connectivity index (χ2n) is 5.20. The highest BCUT2D eigenvalue weighted by molar-refractivity contribution is 7.89. The van der Waals surface area contributed by atoms with Gasteiger partial charge in [-0.15, -0.1) is 0 Å². The number of nitrogens with two attached hydrogens (primary N) is 1. The minimum absolute atomic E-state index is 0.365. The van der Waals surface area contributed by atoms with Gasteiger partial charge in [0.2, 0.25) is 10.0 Å². The van der Waals surface area contributed by atoms with E-state index < -0.39 is 10.0 Å². The van der Waals surface area contributed by atoms with Crippen molar-refractivity contribution in [3.8, 4) is 0 Å². The smallest absolute Gasteiger partial charge is 0.243 e. The molecular formula is C14H22N2O2S. The Balaban J connectivity index is 2.47. The molecule has 1 aromatic carbocycles. The molecule has 2 N–H and O–H groups in total. The molecule has 106 valence electrons. The van der Waals surface area contributed by atoms with Crippen molar-refractivity contribution in [1.29, 1.82) is 0 Å². The van der Waals surface area contributed by atoms with E-state index in [1.165, 1.54) is 0 Å². The Bertz CT molecular complexity index is 561. The minimum Gasteiger partial charge on any atom is -0.326 e. The molecule has 1 aromatic rings. The largest absolute Gasteiger partial charge is 0.326 e. The molecule has 19 heavy (non-hydrogen) atoms. The van der Waals surface area contributed by atoms with Crippen LogP contribution >= 0.6 is 0 Å². The Labute approximate surface area is 115 Å². The van der Waals surface area contributed by atoms with Crippen molar-refractivity contribution >= 4 is 10.0 Å². The van der Waals surface area contributed by atoms with E-state index in [0.717, 1.165) is 36.0 Å². The first-order valence-electron chi connectivity index (χ1n) is 6.77. The second-order valence-corrected chi connectivity index (χ2v) is 7.11. The quantitative estimate of drug-likeness (QED) is 0.921. The van der Waals surface area contributed by atoms with Gasteiger partial charge in [0.15, 0.2) is 0 Å². The summed E-state index contributed by atoms with van der Waals surface area (Å²) in [7, 11) is -3.37. The Kier molecular flexibility index (Phi) is 4.28. The van der Waals surface area contributed by atoms with Crippen LogP contribution in [0.2, 0.25) is 0 Å². The van der Waals surface area contributed by atoms with E-state index in [1.54, 1.807) is 10.4 Å². The van der Waals surface area contributed by atoms with Crippen LogP contribution in [0.4, 0.5) is 0 Å². The molecular weight excluding hydrogens is 260 g/mol. The molecule has 2 rings (SSSR count). The van der Waals surface area contributed by atoms with Crippen LogP contribution in [-0.4, -0.2) is 25.8 Å². The second kappa shape index (κ2) is 5.61. The normalized spacial score (nSPS) is 17.6. The van der Waals surface area contributed by atoms with Crippen LogP contribution in [0.15, 0.2) is 17.0 Å². The van der Waals surface area contributed by atoms with Crippen molar-refractivity contribution in [2.45, 2.75) is 44.6 Å². The first-order valence-corrected chi connectivity index (χ1v) is 8.21. The van der Waals surface area contributed by atoms with Crippen molar-refractivity contribution in [1.82, 2.24) is 4.31 Å². The predicted molar refractivity (Wildman–Crippen MR) is 76.4 cm³/mol. The summed E-state index contributed by atoms with van der Waals surface area (Å²) in [5.74, 6) is 0. The zero-order valence-electron chi connectivity index (χ0n) is 11.6. The Hall–Kier alpha value is -0.910. The average molecular weight is 282 g/mol. The highest BCUT2D eigenvalue weighted by Crippen LogP contribution is 2.26. The summed E-state index contributed by atoms with van der Waals surface area (Å²) in [5.41, 5.74) is 8.35. The summed E-state index contributed by atoms with van der Waals surface area (Å²) in [6.45, 7) is 5.43. The molecule has 0 aromatic heterocycles. The molecule has 0 radical (unpaired) electrons. The van der Waals surface area contributed by atoms with Crippen LogP contribution in [0.1, 0.15) is 36.0 Å². The number of aryl methyl sites for hydroxylation is 1. The number of rotatable bonds is 3. The Morgan fingerprint density at radius 3 is 2.37 bits per heavy atom. The summed E-state index contributed by atoms with van der Waals surface area (Å²) in [6, 6.07) is 3.69. The van der Waals surface area contributed by atoms with Gasteiger partial charge in [0.1, 0.15) is 0 Å². The molecule has 1 aliphatic rings. The molecule has 0 aliphatic carbocycles. The van der Waals surface area contributed by atoms with Gasteiger partial charge in [-0.25, -0.2) is 8.42 Å². The molecule has 1 fully saturated rings. The van der Waals surface area contributed by atoms with Gasteiger partial charge in [0.25, 0.3) is 0 Å². The number of benzene rings is 1. The van der Waals surface area contributed by atoms with Gasteiger partial charge in [0.05, 0.1) is 4.90 Å². The topological polar surface area (TPSA) is 63.4 Å². The third kappa shape index (κ3) is 2.83. The van der Waals surface area contributed by atoms with Crippen LogP contribution in [-0.2, 0) is 16.6 Å². The zero-order valence-corrected chi connectivity index (χ0v) is 12.5. The van der Waals surface area contributed by atoms with Gasteiger partial charge < -0.3 is 5.73 Å². The summed E-state index contributed by atoms with van der Waals surface area (Å²) < 4.78 is 27.0. The third-order valence-electron chi connectivity index (χ3n) is 3.85. The van der Waals surface area contributed by atoms with Crippen molar-refractivity contribution in [3.05, 3.63) is 28.8 Å². The molecule has 5 heteroatoms. The van der Waals surface area contributed by atoms with E-state index in [4.69, 9.17) is 5.73 Å². The lowest BCUT2D eigenvalue weighted by Gasteiger charge is -2.27. The predicted octanol–water partition coefficient (Wildman–Crippen LogP) is 1.94. The Morgan fingerprint density at radius 2 is 1.79 bits per heavy atom. The van der Waals surface area contributed by atoms with Crippen molar-refractivity contribution in [2.24, 2.45) is 5.73 Å². The average Bonchev–Trinajstić information content (AvgIpc) is 2.42. The van der Waals surface area contributed by atoms with Crippen LogP contribution < -0.4 is 5.73 Å². The lowest BCUT2D eigenvalue weighted by molar-refractivity contribution is 0.346. The molecule has 0 spiro atoms. The monoisotopic (exact) mass is 282 g/mol. The summed E-state index contributed by atoms with van der Waals surface area (Å²) >= 11 is 0. The van der Waals surface area contributed by atoms with E-state index in [1.807, 2.05) is 19.9 Å². The van der Waals surface area contributed by atoms with Crippen LogP contribution in [0.25, 0.3) is 0 Å². The summed E-state index contributed by atoms with van der Waals surface area (Å²) in [4.78, 5) is 0.426. The van der Waals surface area contributed by atoms with Gasteiger partial charge >= 0.3 is 0 Å². The number of piperidine rings is 1. The van der Waals surface area contributed by atoms with Crippen molar-refractivity contribution in [2.75, 3.05) is 13.1 Å². The standard InChI is InChI=1S/C14H22N2O2S/c1-11-8-13(10-15)9-14(12(11)2)19(17,18)16-6-4-3-5-7-16/h8-9H,3-7,10,15H2,1-2H3. The minimum atomic E-state index is -3.37. The molecule has 1 saturated heterocycles. The highest BCUT2D eigenvalue weighted by Gasteiger charge is 2.28. The lowest BCUT2D eigenvalue weighted by Crippen LogP contribution is -2.36. The van der Waals surface area contributed by atoms with Crippen LogP contribution in [0.3, 0.4) is 0 Å². The van der Waals surface area contributed by atoms with E-state index in [2.05, 4.69) is 0 Å². The SMILES string of the molecule is Cc1cc(CN)cc(S(=O)(=O)N2CCCCC2)c1C. The number of hydrogen-bond acceptors (Lipinski definition) is 3. The fourth-order valence-electron chi connectivity index (χ4n) is 2.53. The van der Waals surface area contributed by atoms with Gasteiger partial charge in [-0.2, -0.15) is 4.31 Å². The Morgan fingerprint density at radius 1 is 1.16 bits per heavy atom. The van der Waals surface area contributed by atoms with Gasteiger partial charge in [-0.05, 0) is 49.4 Å². The van der Waals surface area contributed by atoms with E-state index in [0.29, 0.717) is 24.5 Å². The number of hydrogen-bond donors (Lipinski definition) is 1. The molecule has 0 amide bonds. The maximum Gasteiger partial charge on any atom is 0.243 e. The maximum absolute atomic E-state index is 12.7. The fourth-order valence-corrected chi connectivity index (χ4v) is 4.39. The molecule has 0 bridgehead atoms. The first-order chi connectivity index (χ1) is 8.96. The van der Waals surface area contributed by atoms with E-state index in [-0.39, 0.29) is 0 Å². The molecule has 4 nitrogen and oxygen atoms in total. The molecule has 0 saturated carbocycles. The fraction of sp³-hybridized carbons (Fsp3) is 0.571. The lowest BCUT2D eigenvalue weighted by atomic mass is 10.1. The molecule has 1 heterocycles. The first kappa shape index (κ1) is 14.5. The van der Waals surface area contributed by atoms with Crippen LogP contribution in [0, 0.1) is 13.8 Å². The molecule has 0 unspecified atom stereocenters. The van der Waals surface area contributed by atoms with E-state index in [9.17, 15) is 8.42 Å². The highest BCUT2D eigenvalue weighted by atomic mass is 32.2. The van der Waals surface area contributed by atoms with Gasteiger partial charge in [-0.3, -0.25) is 0 Å². The van der Waals surface area contributed by atoms with Gasteiger partial charge in [-0.1, -0.05) is 12.5 Å². The maximum atomic E-state index is 12.7. The number of nitrogens with zero attached hydrogens (tertiary/aromatic N) is 1. The number of sulfonamides is 1. The summed E-state index contributed by atoms with van der Waals surface area (Å²) in [5, 5.41) is 0. The van der Waals surface area contributed by atoms with Crippen LogP contribution in [0.5, 0.6) is 0 Å². The third-order valence-corrected chi connectivity index (χ3v) is 5.87. The van der Waals surface area contributed by atoms with Crippen molar-refractivity contribution in [3.63, 3.8) is 0 Å². The van der Waals surface area contributed by atoms with Gasteiger partial charge in [0, 0.05) is 19.6 Å². The zero-order chi connectivity index (χ0) is 14.0. The summed E-state index contributed by atoms with van der Waals surface area (Å²) in [6.07, 6.45) is 3.02. The van der Waals surface area contributed by atoms with E-state index >= 15 is 0 Å². The molecule has 1 aliphatic heterocycles. The molecule has 0 atom stereocenters.